The Bertz CT molecular complexity index is 1150. The minimum atomic E-state index is -0.787. The number of carbonyl (C=O) groups excluding carboxylic acids is 1. The number of esters is 1. The molecule has 6 heteroatoms. The van der Waals surface area contributed by atoms with E-state index in [0.717, 1.165) is 16.7 Å². The molecule has 0 atom stereocenters. The first-order chi connectivity index (χ1) is 14.9. The Morgan fingerprint density at radius 2 is 1.81 bits per heavy atom. The molecule has 158 valence electrons. The lowest BCUT2D eigenvalue weighted by Gasteiger charge is -2.09. The van der Waals surface area contributed by atoms with E-state index in [0.29, 0.717) is 11.3 Å². The fraction of sp³-hybridized carbons (Fsp3) is 0.160. The molecule has 0 spiro atoms. The van der Waals surface area contributed by atoms with E-state index in [-0.39, 0.29) is 17.7 Å². The number of aliphatic hydroxyl groups is 1. The van der Waals surface area contributed by atoms with Gasteiger partial charge in [-0.1, -0.05) is 12.1 Å². The van der Waals surface area contributed by atoms with Crippen molar-refractivity contribution in [3.8, 4) is 11.1 Å². The monoisotopic (exact) mass is 418 g/mol. The summed E-state index contributed by atoms with van der Waals surface area (Å²) in [5, 5.41) is 10.7. The van der Waals surface area contributed by atoms with E-state index < -0.39 is 17.5 Å². The van der Waals surface area contributed by atoms with Crippen molar-refractivity contribution in [2.45, 2.75) is 20.8 Å². The number of benzene rings is 2. The zero-order chi connectivity index (χ0) is 22.4. The molecule has 0 aliphatic heterocycles. The second-order valence-electron chi connectivity index (χ2n) is 6.94. The van der Waals surface area contributed by atoms with Crippen LogP contribution >= 0.6 is 0 Å². The molecule has 1 heterocycles. The van der Waals surface area contributed by atoms with E-state index in [1.54, 1.807) is 43.6 Å². The quantitative estimate of drug-likeness (QED) is 0.240. The summed E-state index contributed by atoms with van der Waals surface area (Å²) in [6.07, 6.45) is 4.43. The summed E-state index contributed by atoms with van der Waals surface area (Å²) in [4.78, 5) is 20.7. The van der Waals surface area contributed by atoms with Gasteiger partial charge in [0, 0.05) is 18.6 Å². The molecule has 0 radical (unpaired) electrons. The molecule has 1 N–H and O–H groups in total. The average Bonchev–Trinajstić information content (AvgIpc) is 2.77. The highest BCUT2D eigenvalue weighted by Crippen LogP contribution is 2.26. The molecule has 3 aromatic rings. The maximum Gasteiger partial charge on any atom is 0.343 e. The minimum absolute atomic E-state index is 0.108. The van der Waals surface area contributed by atoms with Gasteiger partial charge in [-0.3, -0.25) is 9.98 Å². The number of aliphatic hydroxyl groups excluding tert-OH is 1. The highest BCUT2D eigenvalue weighted by atomic mass is 19.1. The summed E-state index contributed by atoms with van der Waals surface area (Å²) >= 11 is 0. The molecule has 1 aromatic heterocycles. The van der Waals surface area contributed by atoms with Crippen molar-refractivity contribution in [2.75, 3.05) is 6.61 Å². The first-order valence-corrected chi connectivity index (χ1v) is 9.82. The molecule has 0 aliphatic carbocycles. The van der Waals surface area contributed by atoms with Crippen molar-refractivity contribution >= 4 is 23.6 Å². The van der Waals surface area contributed by atoms with Gasteiger partial charge in [0.1, 0.15) is 17.1 Å². The smallest absolute Gasteiger partial charge is 0.343 e. The van der Waals surface area contributed by atoms with Crippen LogP contribution in [-0.4, -0.2) is 28.9 Å². The topological polar surface area (TPSA) is 71.8 Å². The van der Waals surface area contributed by atoms with Crippen molar-refractivity contribution in [2.24, 2.45) is 4.99 Å². The fourth-order valence-corrected chi connectivity index (χ4v) is 2.94. The Balaban J connectivity index is 2.02. The fourth-order valence-electron chi connectivity index (χ4n) is 2.94. The lowest BCUT2D eigenvalue weighted by molar-refractivity contribution is -0.137. The van der Waals surface area contributed by atoms with Crippen LogP contribution in [0.5, 0.6) is 0 Å². The number of aryl methyl sites for hydroxylation is 2. The first kappa shape index (κ1) is 21.9. The molecule has 0 aliphatic rings. The van der Waals surface area contributed by atoms with Crippen LogP contribution in [0.2, 0.25) is 0 Å². The van der Waals surface area contributed by atoms with E-state index in [1.165, 1.54) is 18.3 Å². The van der Waals surface area contributed by atoms with Crippen LogP contribution in [0.4, 0.5) is 10.1 Å². The Morgan fingerprint density at radius 1 is 1.06 bits per heavy atom. The van der Waals surface area contributed by atoms with Gasteiger partial charge in [0.25, 0.3) is 0 Å². The highest BCUT2D eigenvalue weighted by Gasteiger charge is 2.19. The van der Waals surface area contributed by atoms with Crippen LogP contribution in [0.1, 0.15) is 23.6 Å². The van der Waals surface area contributed by atoms with Gasteiger partial charge in [0.2, 0.25) is 0 Å². The second kappa shape index (κ2) is 9.80. The van der Waals surface area contributed by atoms with E-state index in [2.05, 4.69) is 9.98 Å². The number of nitrogens with zero attached hydrogens (tertiary/aromatic N) is 2. The van der Waals surface area contributed by atoms with Crippen molar-refractivity contribution in [3.63, 3.8) is 0 Å². The molecular weight excluding hydrogens is 395 g/mol. The SMILES string of the molecule is CCOC(=O)/C(C=Nc1ccc(C)c(C)c1)=C(\O)c1ccc(-c2ccncc2)cc1F. The lowest BCUT2D eigenvalue weighted by atomic mass is 10.0. The predicted molar refractivity (Wildman–Crippen MR) is 120 cm³/mol. The third kappa shape index (κ3) is 5.22. The maximum atomic E-state index is 14.8. The molecule has 3 rings (SSSR count). The summed E-state index contributed by atoms with van der Waals surface area (Å²) in [7, 11) is 0. The lowest BCUT2D eigenvalue weighted by Crippen LogP contribution is -2.11. The molecule has 31 heavy (non-hydrogen) atoms. The number of aromatic nitrogens is 1. The summed E-state index contributed by atoms with van der Waals surface area (Å²) in [5.74, 6) is -2.00. The maximum absolute atomic E-state index is 14.8. The van der Waals surface area contributed by atoms with E-state index in [9.17, 15) is 14.3 Å². The first-order valence-electron chi connectivity index (χ1n) is 9.82. The predicted octanol–water partition coefficient (Wildman–Crippen LogP) is 5.74. The zero-order valence-electron chi connectivity index (χ0n) is 17.6. The second-order valence-corrected chi connectivity index (χ2v) is 6.94. The standard InChI is InChI=1S/C25H23FN2O3/c1-4-31-25(30)22(15-28-20-7-5-16(2)17(3)13-20)24(29)21-8-6-19(14-23(21)26)18-9-11-27-12-10-18/h5-15,29H,4H2,1-3H3/b24-22-,28-15?. The third-order valence-corrected chi connectivity index (χ3v) is 4.82. The number of ether oxygens (including phenoxy) is 1. The van der Waals surface area contributed by atoms with Crippen LogP contribution in [-0.2, 0) is 9.53 Å². The van der Waals surface area contributed by atoms with E-state index in [4.69, 9.17) is 4.74 Å². The Hall–Kier alpha value is -3.80. The Morgan fingerprint density at radius 3 is 2.45 bits per heavy atom. The number of pyridine rings is 1. The number of hydrogen-bond donors (Lipinski definition) is 1. The van der Waals surface area contributed by atoms with Crippen LogP contribution in [0.3, 0.4) is 0 Å². The number of hydrogen-bond acceptors (Lipinski definition) is 5. The molecule has 2 aromatic carbocycles. The molecule has 0 amide bonds. The normalized spacial score (nSPS) is 12.0. The van der Waals surface area contributed by atoms with Crippen molar-refractivity contribution < 1.29 is 19.0 Å². The molecule has 0 saturated carbocycles. The number of aliphatic imine (C=N–C) groups is 1. The summed E-state index contributed by atoms with van der Waals surface area (Å²) in [6, 6.07) is 13.4. The summed E-state index contributed by atoms with van der Waals surface area (Å²) < 4.78 is 19.9. The van der Waals surface area contributed by atoms with Crippen molar-refractivity contribution in [1.82, 2.24) is 4.98 Å². The van der Waals surface area contributed by atoms with Crippen molar-refractivity contribution in [3.05, 3.63) is 89.0 Å². The number of rotatable bonds is 6. The number of halogens is 1. The molecule has 5 nitrogen and oxygen atoms in total. The van der Waals surface area contributed by atoms with E-state index >= 15 is 0 Å². The van der Waals surface area contributed by atoms with Gasteiger partial charge in [-0.2, -0.15) is 0 Å². The van der Waals surface area contributed by atoms with Gasteiger partial charge in [-0.25, -0.2) is 9.18 Å². The van der Waals surface area contributed by atoms with Gasteiger partial charge in [-0.15, -0.1) is 0 Å². The summed E-state index contributed by atoms with van der Waals surface area (Å²) in [6.45, 7) is 5.69. The Labute approximate surface area is 180 Å². The zero-order valence-corrected chi connectivity index (χ0v) is 17.6. The van der Waals surface area contributed by atoms with Crippen LogP contribution in [0, 0.1) is 19.7 Å². The summed E-state index contributed by atoms with van der Waals surface area (Å²) in [5.41, 5.74) is 3.82. The van der Waals surface area contributed by atoms with Crippen LogP contribution in [0.25, 0.3) is 16.9 Å². The number of carbonyl (C=O) groups is 1. The van der Waals surface area contributed by atoms with Gasteiger partial charge in [0.05, 0.1) is 17.9 Å². The van der Waals surface area contributed by atoms with Gasteiger partial charge in [0.15, 0.2) is 0 Å². The highest BCUT2D eigenvalue weighted by molar-refractivity contribution is 6.15. The molecule has 0 unspecified atom stereocenters. The van der Waals surface area contributed by atoms with Gasteiger partial charge < -0.3 is 9.84 Å². The molecular formula is C25H23FN2O3. The average molecular weight is 418 g/mol. The van der Waals surface area contributed by atoms with Crippen molar-refractivity contribution in [1.29, 1.82) is 0 Å². The van der Waals surface area contributed by atoms with Crippen LogP contribution < -0.4 is 0 Å². The van der Waals surface area contributed by atoms with Gasteiger partial charge >= 0.3 is 5.97 Å². The van der Waals surface area contributed by atoms with E-state index in [1.807, 2.05) is 26.0 Å². The molecule has 0 bridgehead atoms. The Kier molecular flexibility index (Phi) is 6.92. The van der Waals surface area contributed by atoms with Gasteiger partial charge in [-0.05, 0) is 79.4 Å². The van der Waals surface area contributed by atoms with Crippen LogP contribution in [0.15, 0.2) is 71.5 Å². The molecule has 0 saturated heterocycles. The third-order valence-electron chi connectivity index (χ3n) is 4.82. The molecule has 0 fully saturated rings. The minimum Gasteiger partial charge on any atom is -0.506 e. The largest absolute Gasteiger partial charge is 0.506 e.